The van der Waals surface area contributed by atoms with E-state index in [4.69, 9.17) is 4.99 Å². The number of hydrogen-bond acceptors (Lipinski definition) is 3. The van der Waals surface area contributed by atoms with Gasteiger partial charge in [-0.2, -0.15) is 0 Å². The van der Waals surface area contributed by atoms with Gasteiger partial charge in [0.25, 0.3) is 0 Å². The lowest BCUT2D eigenvalue weighted by Gasteiger charge is -2.22. The van der Waals surface area contributed by atoms with Crippen molar-refractivity contribution in [2.24, 2.45) is 10.9 Å². The van der Waals surface area contributed by atoms with Crippen LogP contribution in [-0.4, -0.2) is 39.8 Å². The normalized spacial score (nSPS) is 20.6. The zero-order valence-corrected chi connectivity index (χ0v) is 17.6. The van der Waals surface area contributed by atoms with Gasteiger partial charge in [-0.3, -0.25) is 0 Å². The first-order valence-corrected chi connectivity index (χ1v) is 11.8. The van der Waals surface area contributed by atoms with Gasteiger partial charge in [-0.1, -0.05) is 49.6 Å². The fourth-order valence-electron chi connectivity index (χ4n) is 3.36. The Bertz CT molecular complexity index is 701. The first-order chi connectivity index (χ1) is 12.9. The zero-order valence-electron chi connectivity index (χ0n) is 16.8. The summed E-state index contributed by atoms with van der Waals surface area (Å²) in [5.74, 6) is 1.09. The molecule has 0 spiro atoms. The smallest absolute Gasteiger partial charge is 0.208 e. The van der Waals surface area contributed by atoms with Crippen molar-refractivity contribution < 1.29 is 8.42 Å². The van der Waals surface area contributed by atoms with Crippen LogP contribution in [0, 0.1) is 12.8 Å². The highest BCUT2D eigenvalue weighted by Gasteiger charge is 2.29. The molecule has 1 aromatic rings. The van der Waals surface area contributed by atoms with Crippen LogP contribution in [0.25, 0.3) is 0 Å². The number of aryl methyl sites for hydroxylation is 1. The molecule has 152 valence electrons. The van der Waals surface area contributed by atoms with Crippen LogP contribution in [0.2, 0.25) is 0 Å². The standard InChI is InChI=1S/C20H34N4O2S/c1-4-5-13-21-20(22-14-17-11-9-16(2)10-12-17)23-15-18-7-6-8-19(18)24-27(3,25)26/h9-12,18-19,24H,4-8,13-15H2,1-3H3,(H2,21,22,23). The maximum Gasteiger partial charge on any atom is 0.208 e. The number of aliphatic imine (C=N–C) groups is 1. The van der Waals surface area contributed by atoms with E-state index in [0.29, 0.717) is 6.54 Å². The summed E-state index contributed by atoms with van der Waals surface area (Å²) >= 11 is 0. The molecular weight excluding hydrogens is 360 g/mol. The van der Waals surface area contributed by atoms with Crippen molar-refractivity contribution >= 4 is 16.0 Å². The average Bonchev–Trinajstić information content (AvgIpc) is 3.03. The van der Waals surface area contributed by atoms with Crippen LogP contribution in [0.4, 0.5) is 0 Å². The molecule has 2 unspecified atom stereocenters. The molecule has 1 aromatic carbocycles. The first kappa shape index (κ1) is 21.7. The Hall–Kier alpha value is -1.60. The number of nitrogens with zero attached hydrogens (tertiary/aromatic N) is 1. The Labute approximate surface area is 164 Å². The highest BCUT2D eigenvalue weighted by Crippen LogP contribution is 2.25. The predicted molar refractivity (Wildman–Crippen MR) is 112 cm³/mol. The van der Waals surface area contributed by atoms with E-state index >= 15 is 0 Å². The molecule has 6 nitrogen and oxygen atoms in total. The van der Waals surface area contributed by atoms with Crippen LogP contribution in [0.3, 0.4) is 0 Å². The second kappa shape index (κ2) is 10.7. The number of rotatable bonds is 9. The summed E-state index contributed by atoms with van der Waals surface area (Å²) in [6.07, 6.45) is 6.43. The molecule has 0 aliphatic heterocycles. The van der Waals surface area contributed by atoms with E-state index in [1.165, 1.54) is 17.4 Å². The van der Waals surface area contributed by atoms with Gasteiger partial charge in [-0.25, -0.2) is 18.1 Å². The fraction of sp³-hybridized carbons (Fsp3) is 0.650. The van der Waals surface area contributed by atoms with Gasteiger partial charge in [0.1, 0.15) is 0 Å². The molecule has 2 atom stereocenters. The number of unbranched alkanes of at least 4 members (excludes halogenated alkanes) is 1. The van der Waals surface area contributed by atoms with Gasteiger partial charge in [0.15, 0.2) is 5.96 Å². The van der Waals surface area contributed by atoms with E-state index in [2.05, 4.69) is 53.5 Å². The largest absolute Gasteiger partial charge is 0.356 e. The van der Waals surface area contributed by atoms with Gasteiger partial charge >= 0.3 is 0 Å². The van der Waals surface area contributed by atoms with Crippen LogP contribution >= 0.6 is 0 Å². The summed E-state index contributed by atoms with van der Waals surface area (Å²) in [5.41, 5.74) is 2.42. The molecular formula is C20H34N4O2S. The maximum absolute atomic E-state index is 11.6. The lowest BCUT2D eigenvalue weighted by atomic mass is 10.1. The molecule has 0 radical (unpaired) electrons. The number of benzene rings is 1. The quantitative estimate of drug-likeness (QED) is 0.341. The zero-order chi connectivity index (χ0) is 19.7. The van der Waals surface area contributed by atoms with Crippen molar-refractivity contribution in [3.63, 3.8) is 0 Å². The minimum absolute atomic E-state index is 0.0153. The van der Waals surface area contributed by atoms with Gasteiger partial charge in [-0.15, -0.1) is 0 Å². The summed E-state index contributed by atoms with van der Waals surface area (Å²) in [4.78, 5) is 4.71. The fourth-order valence-corrected chi connectivity index (χ4v) is 4.22. The number of guanidine groups is 1. The van der Waals surface area contributed by atoms with Crippen molar-refractivity contribution in [1.82, 2.24) is 15.4 Å². The Balaban J connectivity index is 1.94. The van der Waals surface area contributed by atoms with Gasteiger partial charge in [0.2, 0.25) is 10.0 Å². The number of hydrogen-bond donors (Lipinski definition) is 3. The van der Waals surface area contributed by atoms with Crippen molar-refractivity contribution in [2.75, 3.05) is 19.3 Å². The third-order valence-corrected chi connectivity index (χ3v) is 5.65. The summed E-state index contributed by atoms with van der Waals surface area (Å²) in [7, 11) is -3.17. The Morgan fingerprint density at radius 1 is 1.19 bits per heavy atom. The van der Waals surface area contributed by atoms with E-state index < -0.39 is 10.0 Å². The van der Waals surface area contributed by atoms with Crippen LogP contribution in [0.1, 0.15) is 50.2 Å². The van der Waals surface area contributed by atoms with Crippen molar-refractivity contribution in [3.8, 4) is 0 Å². The molecule has 7 heteroatoms. The molecule has 27 heavy (non-hydrogen) atoms. The Morgan fingerprint density at radius 3 is 2.59 bits per heavy atom. The molecule has 0 amide bonds. The van der Waals surface area contributed by atoms with E-state index in [1.54, 1.807) is 0 Å². The number of sulfonamides is 1. The van der Waals surface area contributed by atoms with Crippen molar-refractivity contribution in [3.05, 3.63) is 35.4 Å². The van der Waals surface area contributed by atoms with Gasteiger partial charge < -0.3 is 10.6 Å². The van der Waals surface area contributed by atoms with Crippen LogP contribution in [0.5, 0.6) is 0 Å². The molecule has 3 N–H and O–H groups in total. The summed E-state index contributed by atoms with van der Waals surface area (Å²) in [6, 6.07) is 8.42. The molecule has 0 bridgehead atoms. The third-order valence-electron chi connectivity index (χ3n) is 4.92. The van der Waals surface area contributed by atoms with Gasteiger partial charge in [-0.05, 0) is 37.7 Å². The SMILES string of the molecule is CCCCNC(=NCc1ccc(C)cc1)NCC1CCCC1NS(C)(=O)=O. The average molecular weight is 395 g/mol. The second-order valence-electron chi connectivity index (χ2n) is 7.50. The van der Waals surface area contributed by atoms with Crippen LogP contribution in [0.15, 0.2) is 29.3 Å². The molecule has 1 aliphatic rings. The maximum atomic E-state index is 11.6. The molecule has 0 saturated heterocycles. The monoisotopic (exact) mass is 394 g/mol. The van der Waals surface area contributed by atoms with Gasteiger partial charge in [0.05, 0.1) is 12.8 Å². The molecule has 0 aromatic heterocycles. The van der Waals surface area contributed by atoms with E-state index in [0.717, 1.165) is 51.2 Å². The molecule has 1 aliphatic carbocycles. The van der Waals surface area contributed by atoms with Crippen LogP contribution in [-0.2, 0) is 16.6 Å². The highest BCUT2D eigenvalue weighted by molar-refractivity contribution is 7.88. The molecule has 2 rings (SSSR count). The number of nitrogens with one attached hydrogen (secondary N) is 3. The second-order valence-corrected chi connectivity index (χ2v) is 9.28. The lowest BCUT2D eigenvalue weighted by Crippen LogP contribution is -2.45. The van der Waals surface area contributed by atoms with Crippen molar-refractivity contribution in [1.29, 1.82) is 0 Å². The van der Waals surface area contributed by atoms with Crippen molar-refractivity contribution in [2.45, 2.75) is 58.5 Å². The molecule has 1 fully saturated rings. The molecule has 0 heterocycles. The minimum atomic E-state index is -3.17. The summed E-state index contributed by atoms with van der Waals surface area (Å²) in [5, 5.41) is 6.81. The van der Waals surface area contributed by atoms with Gasteiger partial charge in [0, 0.05) is 19.1 Å². The highest BCUT2D eigenvalue weighted by atomic mass is 32.2. The Kier molecular flexibility index (Phi) is 8.57. The lowest BCUT2D eigenvalue weighted by molar-refractivity contribution is 0.438. The first-order valence-electron chi connectivity index (χ1n) is 9.92. The van der Waals surface area contributed by atoms with E-state index in [-0.39, 0.29) is 12.0 Å². The summed E-state index contributed by atoms with van der Waals surface area (Å²) < 4.78 is 25.9. The topological polar surface area (TPSA) is 82.6 Å². The minimum Gasteiger partial charge on any atom is -0.356 e. The third kappa shape index (κ3) is 8.30. The molecule has 1 saturated carbocycles. The van der Waals surface area contributed by atoms with E-state index in [1.807, 2.05) is 0 Å². The van der Waals surface area contributed by atoms with Crippen LogP contribution < -0.4 is 15.4 Å². The predicted octanol–water partition coefficient (Wildman–Crippen LogP) is 2.55. The van der Waals surface area contributed by atoms with E-state index in [9.17, 15) is 8.42 Å². The Morgan fingerprint density at radius 2 is 1.93 bits per heavy atom. The summed E-state index contributed by atoms with van der Waals surface area (Å²) in [6.45, 7) is 6.47.